The second-order valence-electron chi connectivity index (χ2n) is 5.99. The standard InChI is InChI=1S/C16H20Cl2N2O2/c17-13-3-4-15(14(18)9-13)22-11-16(21)20-7-5-19(6-8-20)10-12-1-2-12/h3-4,9,12H,1-2,5-8,10-11H2. The van der Waals surface area contributed by atoms with Gasteiger partial charge in [-0.05, 0) is 37.0 Å². The minimum Gasteiger partial charge on any atom is -0.482 e. The molecule has 1 aliphatic heterocycles. The molecule has 1 saturated carbocycles. The van der Waals surface area contributed by atoms with Gasteiger partial charge < -0.3 is 9.64 Å². The van der Waals surface area contributed by atoms with Crippen molar-refractivity contribution in [1.82, 2.24) is 9.80 Å². The molecule has 22 heavy (non-hydrogen) atoms. The fourth-order valence-electron chi connectivity index (χ4n) is 2.67. The molecule has 4 nitrogen and oxygen atoms in total. The van der Waals surface area contributed by atoms with Crippen LogP contribution in [0.1, 0.15) is 12.8 Å². The highest BCUT2D eigenvalue weighted by atomic mass is 35.5. The second kappa shape index (κ2) is 7.07. The number of hydrogen-bond donors (Lipinski definition) is 0. The molecule has 1 saturated heterocycles. The Kier molecular flexibility index (Phi) is 5.11. The van der Waals surface area contributed by atoms with E-state index in [1.54, 1.807) is 18.2 Å². The van der Waals surface area contributed by atoms with E-state index in [4.69, 9.17) is 27.9 Å². The number of rotatable bonds is 5. The summed E-state index contributed by atoms with van der Waals surface area (Å²) in [5, 5.41) is 0.977. The maximum Gasteiger partial charge on any atom is 0.260 e. The Morgan fingerprint density at radius 3 is 2.55 bits per heavy atom. The van der Waals surface area contributed by atoms with Gasteiger partial charge in [0.25, 0.3) is 5.91 Å². The number of carbonyl (C=O) groups is 1. The molecule has 0 N–H and O–H groups in total. The van der Waals surface area contributed by atoms with Crippen molar-refractivity contribution in [2.45, 2.75) is 12.8 Å². The summed E-state index contributed by atoms with van der Waals surface area (Å²) in [6.07, 6.45) is 2.74. The fraction of sp³-hybridized carbons (Fsp3) is 0.562. The first-order valence-electron chi connectivity index (χ1n) is 7.70. The van der Waals surface area contributed by atoms with Crippen molar-refractivity contribution >= 4 is 29.1 Å². The number of benzene rings is 1. The molecule has 120 valence electrons. The first-order chi connectivity index (χ1) is 10.6. The molecule has 6 heteroatoms. The van der Waals surface area contributed by atoms with Crippen LogP contribution in [0.3, 0.4) is 0 Å². The largest absolute Gasteiger partial charge is 0.482 e. The van der Waals surface area contributed by atoms with Gasteiger partial charge in [0.2, 0.25) is 0 Å². The molecule has 1 amide bonds. The van der Waals surface area contributed by atoms with Gasteiger partial charge in [-0.25, -0.2) is 0 Å². The van der Waals surface area contributed by atoms with E-state index in [0.29, 0.717) is 15.8 Å². The summed E-state index contributed by atoms with van der Waals surface area (Å²) in [5.41, 5.74) is 0. The maximum absolute atomic E-state index is 12.2. The van der Waals surface area contributed by atoms with Gasteiger partial charge in [0.15, 0.2) is 6.61 Å². The highest BCUT2D eigenvalue weighted by Crippen LogP contribution is 2.30. The number of carbonyl (C=O) groups excluding carboxylic acids is 1. The summed E-state index contributed by atoms with van der Waals surface area (Å²) in [6, 6.07) is 5.00. The maximum atomic E-state index is 12.2. The SMILES string of the molecule is O=C(COc1ccc(Cl)cc1Cl)N1CCN(CC2CC2)CC1. The highest BCUT2D eigenvalue weighted by Gasteiger charge is 2.27. The van der Waals surface area contributed by atoms with Crippen molar-refractivity contribution in [2.24, 2.45) is 5.92 Å². The Morgan fingerprint density at radius 1 is 1.18 bits per heavy atom. The van der Waals surface area contributed by atoms with E-state index >= 15 is 0 Å². The van der Waals surface area contributed by atoms with Crippen LogP contribution in [0.5, 0.6) is 5.75 Å². The highest BCUT2D eigenvalue weighted by molar-refractivity contribution is 6.35. The van der Waals surface area contributed by atoms with Gasteiger partial charge in [-0.15, -0.1) is 0 Å². The summed E-state index contributed by atoms with van der Waals surface area (Å²) in [5.74, 6) is 1.40. The van der Waals surface area contributed by atoms with Crippen molar-refractivity contribution in [3.8, 4) is 5.75 Å². The summed E-state index contributed by atoms with van der Waals surface area (Å²) < 4.78 is 5.51. The normalized spacial score (nSPS) is 19.3. The molecule has 2 aliphatic rings. The van der Waals surface area contributed by atoms with Crippen molar-refractivity contribution in [3.05, 3.63) is 28.2 Å². The number of ether oxygens (including phenoxy) is 1. The molecule has 0 spiro atoms. The lowest BCUT2D eigenvalue weighted by Crippen LogP contribution is -2.50. The molecular weight excluding hydrogens is 323 g/mol. The molecule has 0 bridgehead atoms. The van der Waals surface area contributed by atoms with E-state index in [1.807, 2.05) is 4.90 Å². The topological polar surface area (TPSA) is 32.8 Å². The third kappa shape index (κ3) is 4.28. The van der Waals surface area contributed by atoms with Crippen LogP contribution in [0.4, 0.5) is 0 Å². The van der Waals surface area contributed by atoms with Crippen molar-refractivity contribution in [3.63, 3.8) is 0 Å². The number of halogens is 2. The Balaban J connectivity index is 1.44. The number of hydrogen-bond acceptors (Lipinski definition) is 3. The molecule has 0 radical (unpaired) electrons. The van der Waals surface area contributed by atoms with Gasteiger partial charge in [-0.1, -0.05) is 23.2 Å². The smallest absolute Gasteiger partial charge is 0.260 e. The number of amides is 1. The first kappa shape index (κ1) is 15.9. The first-order valence-corrected chi connectivity index (χ1v) is 8.45. The molecule has 2 fully saturated rings. The molecule has 1 aromatic rings. The summed E-state index contributed by atoms with van der Waals surface area (Å²) in [7, 11) is 0. The van der Waals surface area contributed by atoms with Gasteiger partial charge in [0.05, 0.1) is 5.02 Å². The van der Waals surface area contributed by atoms with Crippen molar-refractivity contribution in [2.75, 3.05) is 39.3 Å². The van der Waals surface area contributed by atoms with Gasteiger partial charge in [0.1, 0.15) is 5.75 Å². The van der Waals surface area contributed by atoms with Gasteiger partial charge in [-0.2, -0.15) is 0 Å². The Morgan fingerprint density at radius 2 is 1.91 bits per heavy atom. The Bertz CT molecular complexity index is 541. The molecule has 0 aromatic heterocycles. The molecule has 0 atom stereocenters. The van der Waals surface area contributed by atoms with Gasteiger partial charge in [0, 0.05) is 37.7 Å². The number of nitrogens with zero attached hydrogens (tertiary/aromatic N) is 2. The van der Waals surface area contributed by atoms with E-state index < -0.39 is 0 Å². The predicted molar refractivity (Wildman–Crippen MR) is 87.7 cm³/mol. The minimum atomic E-state index is 0.0112. The zero-order chi connectivity index (χ0) is 15.5. The second-order valence-corrected chi connectivity index (χ2v) is 6.83. The average molecular weight is 343 g/mol. The minimum absolute atomic E-state index is 0.0112. The van der Waals surface area contributed by atoms with Crippen LogP contribution in [0, 0.1) is 5.92 Å². The molecule has 1 heterocycles. The zero-order valence-corrected chi connectivity index (χ0v) is 13.9. The molecule has 1 aliphatic carbocycles. The quantitative estimate of drug-likeness (QED) is 0.824. The van der Waals surface area contributed by atoms with E-state index in [9.17, 15) is 4.79 Å². The third-order valence-corrected chi connectivity index (χ3v) is 4.71. The molecule has 3 rings (SSSR count). The van der Waals surface area contributed by atoms with E-state index in [0.717, 1.165) is 32.1 Å². The summed E-state index contributed by atoms with van der Waals surface area (Å²) in [4.78, 5) is 16.5. The summed E-state index contributed by atoms with van der Waals surface area (Å²) in [6.45, 7) is 4.70. The molecule has 1 aromatic carbocycles. The van der Waals surface area contributed by atoms with Crippen molar-refractivity contribution in [1.29, 1.82) is 0 Å². The van der Waals surface area contributed by atoms with Crippen LogP contribution >= 0.6 is 23.2 Å². The Hall–Kier alpha value is -0.970. The number of piperazine rings is 1. The Labute approximate surface area is 140 Å². The van der Waals surface area contributed by atoms with Crippen LogP contribution in [0.15, 0.2) is 18.2 Å². The lowest BCUT2D eigenvalue weighted by Gasteiger charge is -2.34. The fourth-order valence-corrected chi connectivity index (χ4v) is 3.13. The van der Waals surface area contributed by atoms with E-state index in [2.05, 4.69) is 4.90 Å². The van der Waals surface area contributed by atoms with E-state index in [1.165, 1.54) is 19.4 Å². The molecular formula is C16H20Cl2N2O2. The predicted octanol–water partition coefficient (Wildman–Crippen LogP) is 2.93. The average Bonchev–Trinajstić information content (AvgIpc) is 3.31. The lowest BCUT2D eigenvalue weighted by molar-refractivity contribution is -0.135. The lowest BCUT2D eigenvalue weighted by atomic mass is 10.3. The van der Waals surface area contributed by atoms with Crippen LogP contribution in [-0.4, -0.2) is 55.0 Å². The molecule has 0 unspecified atom stereocenters. The van der Waals surface area contributed by atoms with Crippen LogP contribution in [0.2, 0.25) is 10.0 Å². The van der Waals surface area contributed by atoms with Gasteiger partial charge >= 0.3 is 0 Å². The van der Waals surface area contributed by atoms with Crippen LogP contribution in [0.25, 0.3) is 0 Å². The van der Waals surface area contributed by atoms with Crippen LogP contribution < -0.4 is 4.74 Å². The summed E-state index contributed by atoms with van der Waals surface area (Å²) >= 11 is 11.9. The van der Waals surface area contributed by atoms with E-state index in [-0.39, 0.29) is 12.5 Å². The monoisotopic (exact) mass is 342 g/mol. The zero-order valence-electron chi connectivity index (χ0n) is 12.4. The van der Waals surface area contributed by atoms with Gasteiger partial charge in [-0.3, -0.25) is 9.69 Å². The van der Waals surface area contributed by atoms with Crippen molar-refractivity contribution < 1.29 is 9.53 Å². The third-order valence-electron chi connectivity index (χ3n) is 4.18. The van der Waals surface area contributed by atoms with Crippen LogP contribution in [-0.2, 0) is 4.79 Å².